The molecule has 0 N–H and O–H groups in total. The molecule has 1 aliphatic carbocycles. The first-order valence-corrected chi connectivity index (χ1v) is 8.98. The molecule has 6 heteroatoms. The van der Waals surface area contributed by atoms with E-state index in [0.29, 0.717) is 11.6 Å². The van der Waals surface area contributed by atoms with Gasteiger partial charge in [-0.3, -0.25) is 0 Å². The molecule has 0 amide bonds. The molecule has 0 unspecified atom stereocenters. The van der Waals surface area contributed by atoms with E-state index in [4.69, 9.17) is 16.3 Å². The molecule has 1 aromatic rings. The lowest BCUT2D eigenvalue weighted by molar-refractivity contribution is 0.117. The Bertz CT molecular complexity index is 668. The predicted molar refractivity (Wildman–Crippen MR) is 82.0 cm³/mol. The molecule has 21 heavy (non-hydrogen) atoms. The molecule has 0 bridgehead atoms. The summed E-state index contributed by atoms with van der Waals surface area (Å²) in [5.74, 6) is -0.359. The summed E-state index contributed by atoms with van der Waals surface area (Å²) >= 11 is 5.99. The van der Waals surface area contributed by atoms with Crippen molar-refractivity contribution in [3.8, 4) is 6.07 Å². The molecular formula is C15H18ClNO3S. The lowest BCUT2D eigenvalue weighted by Gasteiger charge is -2.09. The molecule has 2 rings (SSSR count). The Kier molecular flexibility index (Phi) is 4.62. The third-order valence-electron chi connectivity index (χ3n) is 4.01. The number of ether oxygens (including phenoxy) is 1. The average molecular weight is 328 g/mol. The van der Waals surface area contributed by atoms with Crippen LogP contribution in [0.15, 0.2) is 24.3 Å². The van der Waals surface area contributed by atoms with Crippen LogP contribution in [0.2, 0.25) is 5.02 Å². The molecule has 1 aromatic carbocycles. The Morgan fingerprint density at radius 1 is 1.43 bits per heavy atom. The van der Waals surface area contributed by atoms with Gasteiger partial charge in [-0.05, 0) is 24.6 Å². The molecule has 0 aromatic heterocycles. The van der Waals surface area contributed by atoms with Gasteiger partial charge in [-0.1, -0.05) is 30.7 Å². The molecule has 4 nitrogen and oxygen atoms in total. The summed E-state index contributed by atoms with van der Waals surface area (Å²) in [6.45, 7) is 4.00. The highest BCUT2D eigenvalue weighted by Crippen LogP contribution is 2.63. The number of hydrogen-bond acceptors (Lipinski definition) is 4. The lowest BCUT2D eigenvalue weighted by Crippen LogP contribution is -2.20. The Balaban J connectivity index is 2.44. The zero-order chi connectivity index (χ0) is 15.7. The number of halogens is 1. The van der Waals surface area contributed by atoms with Crippen LogP contribution < -0.4 is 0 Å². The fourth-order valence-electron chi connectivity index (χ4n) is 2.89. The summed E-state index contributed by atoms with van der Waals surface area (Å²) in [6, 6.07) is 9.25. The second kappa shape index (κ2) is 5.96. The smallest absolute Gasteiger partial charge is 0.155 e. The van der Waals surface area contributed by atoms with Gasteiger partial charge in [0.05, 0.1) is 17.9 Å². The lowest BCUT2D eigenvalue weighted by atomic mass is 10.0. The molecule has 0 aliphatic heterocycles. The molecule has 0 heterocycles. The summed E-state index contributed by atoms with van der Waals surface area (Å²) in [6.07, 6.45) is 0. The number of hydrogen-bond donors (Lipinski definition) is 0. The average Bonchev–Trinajstić information content (AvgIpc) is 3.15. The SMILES string of the molecule is CCOC[C@@]1(C#N)[C@@H](c2cccc(Cl)c2)[C@@H]1S(=O)(=O)CC. The summed E-state index contributed by atoms with van der Waals surface area (Å²) in [5.41, 5.74) is -0.221. The van der Waals surface area contributed by atoms with E-state index in [2.05, 4.69) is 6.07 Å². The van der Waals surface area contributed by atoms with Crippen LogP contribution in [-0.4, -0.2) is 32.6 Å². The zero-order valence-corrected chi connectivity index (χ0v) is 13.6. The molecule has 114 valence electrons. The largest absolute Gasteiger partial charge is 0.380 e. The van der Waals surface area contributed by atoms with Gasteiger partial charge in [0.15, 0.2) is 9.84 Å². The van der Waals surface area contributed by atoms with E-state index >= 15 is 0 Å². The normalized spacial score (nSPS) is 28.1. The molecule has 1 fully saturated rings. The fraction of sp³-hybridized carbons (Fsp3) is 0.533. The van der Waals surface area contributed by atoms with E-state index in [1.165, 1.54) is 0 Å². The van der Waals surface area contributed by atoms with Crippen molar-refractivity contribution in [2.24, 2.45) is 5.41 Å². The summed E-state index contributed by atoms with van der Waals surface area (Å²) in [4.78, 5) is 0. The van der Waals surface area contributed by atoms with Crippen LogP contribution in [0.25, 0.3) is 0 Å². The predicted octanol–water partition coefficient (Wildman–Crippen LogP) is 2.79. The van der Waals surface area contributed by atoms with Crippen LogP contribution in [0.5, 0.6) is 0 Å². The van der Waals surface area contributed by atoms with Crippen molar-refractivity contribution in [1.29, 1.82) is 5.26 Å². The molecule has 0 radical (unpaired) electrons. The maximum absolute atomic E-state index is 12.3. The third-order valence-corrected chi connectivity index (χ3v) is 6.51. The standard InChI is InChI=1S/C15H18ClNO3S/c1-3-20-10-15(9-17)13(14(15)21(18,19)4-2)11-6-5-7-12(16)8-11/h5-8,13-14H,3-4,10H2,1-2H3/t13-,14-,15-/m0/s1. The number of sulfone groups is 1. The van der Waals surface area contributed by atoms with Crippen molar-refractivity contribution in [3.63, 3.8) is 0 Å². The van der Waals surface area contributed by atoms with E-state index in [9.17, 15) is 13.7 Å². The van der Waals surface area contributed by atoms with E-state index in [1.807, 2.05) is 13.0 Å². The van der Waals surface area contributed by atoms with Crippen molar-refractivity contribution in [2.75, 3.05) is 19.0 Å². The molecule has 1 aliphatic rings. The first-order valence-electron chi connectivity index (χ1n) is 6.89. The van der Waals surface area contributed by atoms with Gasteiger partial charge in [0, 0.05) is 23.3 Å². The van der Waals surface area contributed by atoms with Crippen molar-refractivity contribution in [3.05, 3.63) is 34.9 Å². The zero-order valence-electron chi connectivity index (χ0n) is 12.0. The van der Waals surface area contributed by atoms with Gasteiger partial charge in [0.1, 0.15) is 5.41 Å². The van der Waals surface area contributed by atoms with Gasteiger partial charge in [0.25, 0.3) is 0 Å². The van der Waals surface area contributed by atoms with E-state index in [1.54, 1.807) is 25.1 Å². The molecule has 0 spiro atoms. The van der Waals surface area contributed by atoms with Crippen LogP contribution in [0.4, 0.5) is 0 Å². The van der Waals surface area contributed by atoms with E-state index in [0.717, 1.165) is 5.56 Å². The fourth-order valence-corrected chi connectivity index (χ4v) is 5.09. The second-order valence-corrected chi connectivity index (χ2v) is 8.04. The molecule has 1 saturated carbocycles. The Morgan fingerprint density at radius 2 is 2.14 bits per heavy atom. The minimum Gasteiger partial charge on any atom is -0.380 e. The second-order valence-electron chi connectivity index (χ2n) is 5.19. The Labute approximate surface area is 130 Å². The van der Waals surface area contributed by atoms with Gasteiger partial charge >= 0.3 is 0 Å². The highest BCUT2D eigenvalue weighted by Gasteiger charge is 2.71. The molecule has 3 atom stereocenters. The van der Waals surface area contributed by atoms with Crippen molar-refractivity contribution in [2.45, 2.75) is 25.0 Å². The molecular weight excluding hydrogens is 310 g/mol. The van der Waals surface area contributed by atoms with Crippen molar-refractivity contribution < 1.29 is 13.2 Å². The Morgan fingerprint density at radius 3 is 2.67 bits per heavy atom. The van der Waals surface area contributed by atoms with Crippen LogP contribution >= 0.6 is 11.6 Å². The van der Waals surface area contributed by atoms with Crippen LogP contribution in [0.1, 0.15) is 25.3 Å². The van der Waals surface area contributed by atoms with Gasteiger partial charge in [-0.15, -0.1) is 0 Å². The van der Waals surface area contributed by atoms with Crippen LogP contribution in [0.3, 0.4) is 0 Å². The van der Waals surface area contributed by atoms with Gasteiger partial charge < -0.3 is 4.74 Å². The van der Waals surface area contributed by atoms with Crippen LogP contribution in [0, 0.1) is 16.7 Å². The highest BCUT2D eigenvalue weighted by atomic mass is 35.5. The van der Waals surface area contributed by atoms with Crippen molar-refractivity contribution in [1.82, 2.24) is 0 Å². The third kappa shape index (κ3) is 2.80. The first kappa shape index (κ1) is 16.3. The summed E-state index contributed by atoms with van der Waals surface area (Å²) < 4.78 is 30.0. The maximum atomic E-state index is 12.3. The van der Waals surface area contributed by atoms with Gasteiger partial charge in [-0.25, -0.2) is 8.42 Å². The minimum atomic E-state index is -3.33. The van der Waals surface area contributed by atoms with Crippen LogP contribution in [-0.2, 0) is 14.6 Å². The van der Waals surface area contributed by atoms with E-state index < -0.39 is 20.5 Å². The highest BCUT2D eigenvalue weighted by molar-refractivity contribution is 7.92. The monoisotopic (exact) mass is 327 g/mol. The molecule has 0 saturated heterocycles. The summed E-state index contributed by atoms with van der Waals surface area (Å²) in [5, 5.41) is 9.41. The van der Waals surface area contributed by atoms with Gasteiger partial charge in [-0.2, -0.15) is 5.26 Å². The quantitative estimate of drug-likeness (QED) is 0.805. The van der Waals surface area contributed by atoms with Gasteiger partial charge in [0.2, 0.25) is 0 Å². The first-order chi connectivity index (χ1) is 9.93. The minimum absolute atomic E-state index is 0.0181. The number of nitrogens with zero attached hydrogens (tertiary/aromatic N) is 1. The number of benzene rings is 1. The van der Waals surface area contributed by atoms with Crippen molar-refractivity contribution >= 4 is 21.4 Å². The topological polar surface area (TPSA) is 67.2 Å². The summed E-state index contributed by atoms with van der Waals surface area (Å²) in [7, 11) is -3.33. The number of rotatable bonds is 6. The number of nitriles is 1. The van der Waals surface area contributed by atoms with E-state index in [-0.39, 0.29) is 18.3 Å². The maximum Gasteiger partial charge on any atom is 0.155 e. The Hall–Kier alpha value is -1.09.